The van der Waals surface area contributed by atoms with Gasteiger partial charge in [0.25, 0.3) is 0 Å². The molecule has 12 heteroatoms. The van der Waals surface area contributed by atoms with Crippen molar-refractivity contribution in [2.24, 2.45) is 11.8 Å². The maximum atomic E-state index is 14.0. The molecule has 1 saturated carbocycles. The molecule has 3 saturated heterocycles. The fraction of sp³-hybridized carbons (Fsp3) is 0.565. The first-order chi connectivity index (χ1) is 16.2. The normalized spacial score (nSPS) is 30.7. The SMILES string of the molecule is O=C(O[C@H]1C[N+]2(C(=O)Nc3cccnn3)CCC1CC2)C(O)(c1cccs1)C1CCC(F)(F)C1.[Br-]. The monoisotopic (exact) mass is 572 g/mol. The summed E-state index contributed by atoms with van der Waals surface area (Å²) >= 11 is 1.15. The largest absolute Gasteiger partial charge is 1.00 e. The number of alkyl halides is 2. The fourth-order valence-corrected chi connectivity index (χ4v) is 6.53. The fourth-order valence-electron chi connectivity index (χ4n) is 5.64. The highest BCUT2D eigenvalue weighted by Gasteiger charge is 2.58. The number of piperidine rings is 3. The number of fused-ring (bicyclic) bond motifs is 3. The average molecular weight is 573 g/mol. The Morgan fingerprint density at radius 1 is 1.23 bits per heavy atom. The van der Waals surface area contributed by atoms with Gasteiger partial charge in [0.15, 0.2) is 17.5 Å². The molecule has 2 bridgehead atoms. The predicted octanol–water partition coefficient (Wildman–Crippen LogP) is 0.549. The van der Waals surface area contributed by atoms with Crippen LogP contribution in [0.25, 0.3) is 0 Å². The van der Waals surface area contributed by atoms with Gasteiger partial charge < -0.3 is 26.8 Å². The Morgan fingerprint density at radius 3 is 2.60 bits per heavy atom. The summed E-state index contributed by atoms with van der Waals surface area (Å²) in [4.78, 5) is 26.9. The maximum Gasteiger partial charge on any atom is 0.422 e. The van der Waals surface area contributed by atoms with E-state index < -0.39 is 35.9 Å². The van der Waals surface area contributed by atoms with Crippen LogP contribution < -0.4 is 22.3 Å². The van der Waals surface area contributed by atoms with Crippen LogP contribution in [-0.2, 0) is 15.1 Å². The van der Waals surface area contributed by atoms with Crippen molar-refractivity contribution in [3.8, 4) is 0 Å². The number of aliphatic hydroxyl groups is 1. The van der Waals surface area contributed by atoms with Gasteiger partial charge in [0.05, 0.1) is 13.1 Å². The standard InChI is InChI=1S/C23H26F2N4O4S.BrH/c24-22(25)8-5-16(13-22)23(32,18-3-2-12-34-18)20(30)33-17-14-29(10-6-15(17)7-11-29)21(31)27-19-4-1-9-26-28-19;/h1-4,9,12,15-17,32H,5-8,10-11,13-14H2;1H/t15?,16?,17-,23?,29?;/m0./s1. The Labute approximate surface area is 216 Å². The summed E-state index contributed by atoms with van der Waals surface area (Å²) < 4.78 is 34.0. The molecule has 2 N–H and O–H groups in total. The van der Waals surface area contributed by atoms with E-state index in [4.69, 9.17) is 4.74 Å². The molecule has 4 fully saturated rings. The summed E-state index contributed by atoms with van der Waals surface area (Å²) in [5.74, 6) is -4.34. The van der Waals surface area contributed by atoms with Gasteiger partial charge in [-0.25, -0.2) is 22.9 Å². The third-order valence-corrected chi connectivity index (χ3v) is 8.60. The summed E-state index contributed by atoms with van der Waals surface area (Å²) in [6.45, 7) is 1.48. The zero-order chi connectivity index (χ0) is 24.0. The van der Waals surface area contributed by atoms with Crippen LogP contribution in [0.3, 0.4) is 0 Å². The van der Waals surface area contributed by atoms with Gasteiger partial charge >= 0.3 is 12.0 Å². The van der Waals surface area contributed by atoms with Crippen molar-refractivity contribution in [1.29, 1.82) is 0 Å². The number of carbonyl (C=O) groups is 2. The molecule has 2 amide bonds. The molecule has 4 aliphatic rings. The van der Waals surface area contributed by atoms with E-state index in [2.05, 4.69) is 15.5 Å². The van der Waals surface area contributed by atoms with Crippen LogP contribution in [0.1, 0.15) is 37.0 Å². The Bertz CT molecular complexity index is 1050. The smallest absolute Gasteiger partial charge is 0.422 e. The predicted molar refractivity (Wildman–Crippen MR) is 119 cm³/mol. The van der Waals surface area contributed by atoms with Crippen LogP contribution in [0, 0.1) is 11.8 Å². The van der Waals surface area contributed by atoms with Crippen LogP contribution in [0.15, 0.2) is 35.8 Å². The van der Waals surface area contributed by atoms with Crippen LogP contribution >= 0.6 is 11.3 Å². The van der Waals surface area contributed by atoms with Crippen LogP contribution in [0.5, 0.6) is 0 Å². The molecule has 3 aliphatic heterocycles. The van der Waals surface area contributed by atoms with Gasteiger partial charge in [-0.15, -0.1) is 16.4 Å². The number of amides is 2. The number of halogens is 3. The minimum atomic E-state index is -2.92. The molecule has 6 rings (SSSR count). The number of thiophene rings is 1. The summed E-state index contributed by atoms with van der Waals surface area (Å²) in [5, 5.41) is 23.7. The Balaban J connectivity index is 0.00000289. The van der Waals surface area contributed by atoms with Gasteiger partial charge in [-0.05, 0) is 30.0 Å². The molecule has 190 valence electrons. The zero-order valence-electron chi connectivity index (χ0n) is 18.9. The van der Waals surface area contributed by atoms with Crippen molar-refractivity contribution >= 4 is 29.2 Å². The Kier molecular flexibility index (Phi) is 7.29. The van der Waals surface area contributed by atoms with E-state index in [9.17, 15) is 23.5 Å². The second-order valence-electron chi connectivity index (χ2n) is 9.63. The molecule has 2 aromatic heterocycles. The first-order valence-corrected chi connectivity index (χ1v) is 12.4. The number of carbonyl (C=O) groups excluding carboxylic acids is 2. The molecule has 0 spiro atoms. The van der Waals surface area contributed by atoms with Gasteiger partial charge in [-0.3, -0.25) is 5.32 Å². The molecule has 35 heavy (non-hydrogen) atoms. The number of anilines is 1. The number of esters is 1. The molecule has 5 heterocycles. The second-order valence-corrected chi connectivity index (χ2v) is 10.6. The highest BCUT2D eigenvalue weighted by molar-refractivity contribution is 7.10. The second kappa shape index (κ2) is 9.79. The van der Waals surface area contributed by atoms with E-state index in [1.54, 1.807) is 29.6 Å². The number of ether oxygens (including phenoxy) is 1. The van der Waals surface area contributed by atoms with Crippen molar-refractivity contribution in [1.82, 2.24) is 10.2 Å². The van der Waals surface area contributed by atoms with Crippen molar-refractivity contribution in [3.63, 3.8) is 0 Å². The van der Waals surface area contributed by atoms with Crippen LogP contribution in [-0.4, -0.2) is 63.4 Å². The number of nitrogens with one attached hydrogen (secondary N) is 1. The Morgan fingerprint density at radius 2 is 2.00 bits per heavy atom. The number of hydrogen-bond acceptors (Lipinski definition) is 7. The number of urea groups is 1. The summed E-state index contributed by atoms with van der Waals surface area (Å²) in [6, 6.07) is 6.34. The van der Waals surface area contributed by atoms with Crippen molar-refractivity contribution < 1.29 is 49.7 Å². The van der Waals surface area contributed by atoms with Gasteiger partial charge in [-0.2, -0.15) is 5.10 Å². The summed E-state index contributed by atoms with van der Waals surface area (Å²) in [7, 11) is 0. The lowest BCUT2D eigenvalue weighted by molar-refractivity contribution is -0.869. The van der Waals surface area contributed by atoms with Gasteiger partial charge in [0.2, 0.25) is 5.92 Å². The molecule has 3 atom stereocenters. The average Bonchev–Trinajstić information content (AvgIpc) is 3.50. The molecule has 2 unspecified atom stereocenters. The zero-order valence-corrected chi connectivity index (χ0v) is 21.3. The van der Waals surface area contributed by atoms with Crippen molar-refractivity contribution in [2.75, 3.05) is 25.0 Å². The lowest BCUT2D eigenvalue weighted by Gasteiger charge is -2.49. The molecule has 8 nitrogen and oxygen atoms in total. The summed E-state index contributed by atoms with van der Waals surface area (Å²) in [6.07, 6.45) is 1.40. The molecular weight excluding hydrogens is 546 g/mol. The number of nitrogens with zero attached hydrogens (tertiary/aromatic N) is 3. The minimum absolute atomic E-state index is 0. The quantitative estimate of drug-likeness (QED) is 0.401. The third-order valence-electron chi connectivity index (χ3n) is 7.61. The minimum Gasteiger partial charge on any atom is -1.00 e. The van der Waals surface area contributed by atoms with E-state index in [1.807, 2.05) is 0 Å². The molecular formula is C23H27BrF2N4O4S. The lowest BCUT2D eigenvalue weighted by atomic mass is 9.82. The lowest BCUT2D eigenvalue weighted by Crippen LogP contribution is -3.00. The number of rotatable bonds is 5. The molecule has 1 aliphatic carbocycles. The number of hydrogen-bond donors (Lipinski definition) is 2. The maximum absolute atomic E-state index is 14.0. The van der Waals surface area contributed by atoms with Gasteiger partial charge in [0, 0.05) is 48.6 Å². The molecule has 0 radical (unpaired) electrons. The Hall–Kier alpha value is -2.02. The highest BCUT2D eigenvalue weighted by Crippen LogP contribution is 2.49. The van der Waals surface area contributed by atoms with Crippen LogP contribution in [0.2, 0.25) is 0 Å². The van der Waals surface area contributed by atoms with Crippen molar-refractivity contribution in [2.45, 2.75) is 49.7 Å². The van der Waals surface area contributed by atoms with E-state index in [0.29, 0.717) is 36.6 Å². The van der Waals surface area contributed by atoms with Gasteiger partial charge in [-0.1, -0.05) is 6.07 Å². The van der Waals surface area contributed by atoms with Gasteiger partial charge in [0.1, 0.15) is 6.54 Å². The topological polar surface area (TPSA) is 101 Å². The van der Waals surface area contributed by atoms with E-state index in [1.165, 1.54) is 6.20 Å². The first kappa shape index (κ1) is 26.1. The molecule has 0 aromatic carbocycles. The van der Waals surface area contributed by atoms with E-state index >= 15 is 0 Å². The van der Waals surface area contributed by atoms with E-state index in [-0.39, 0.29) is 52.8 Å². The number of aromatic nitrogens is 2. The third kappa shape index (κ3) is 4.85. The highest BCUT2D eigenvalue weighted by atomic mass is 79.9. The van der Waals surface area contributed by atoms with E-state index in [0.717, 1.165) is 11.3 Å². The van der Waals surface area contributed by atoms with Crippen molar-refractivity contribution in [3.05, 3.63) is 40.7 Å². The van der Waals surface area contributed by atoms with Crippen LogP contribution in [0.4, 0.5) is 19.4 Å². The number of quaternary nitrogens is 1. The molecule has 2 aromatic rings. The first-order valence-electron chi connectivity index (χ1n) is 11.5. The summed E-state index contributed by atoms with van der Waals surface area (Å²) in [5.41, 5.74) is -2.13.